The molecular formula is C23H30N2O4. The van der Waals surface area contributed by atoms with Gasteiger partial charge in [0.05, 0.1) is 6.61 Å². The molecule has 3 rings (SSSR count). The van der Waals surface area contributed by atoms with Crippen LogP contribution < -0.4 is 4.74 Å². The topological polar surface area (TPSA) is 70.5 Å². The molecule has 0 saturated carbocycles. The molecule has 1 atom stereocenters. The van der Waals surface area contributed by atoms with Crippen LogP contribution in [0.1, 0.15) is 64.1 Å². The third kappa shape index (κ3) is 7.13. The van der Waals surface area contributed by atoms with Gasteiger partial charge >= 0.3 is 6.16 Å². The lowest BCUT2D eigenvalue weighted by atomic mass is 10.1. The van der Waals surface area contributed by atoms with Crippen LogP contribution in [-0.4, -0.2) is 29.0 Å². The van der Waals surface area contributed by atoms with Gasteiger partial charge in [0.2, 0.25) is 6.29 Å². The highest BCUT2D eigenvalue weighted by molar-refractivity contribution is 5.66. The zero-order valence-electron chi connectivity index (χ0n) is 17.1. The third-order valence-electron chi connectivity index (χ3n) is 4.96. The van der Waals surface area contributed by atoms with E-state index >= 15 is 0 Å². The van der Waals surface area contributed by atoms with E-state index in [1.165, 1.54) is 32.1 Å². The summed E-state index contributed by atoms with van der Waals surface area (Å²) in [6.07, 6.45) is 12.6. The second-order valence-corrected chi connectivity index (χ2v) is 7.34. The van der Waals surface area contributed by atoms with E-state index in [4.69, 9.17) is 14.2 Å². The number of carbonyl (C=O) groups is 1. The summed E-state index contributed by atoms with van der Waals surface area (Å²) in [4.78, 5) is 20.7. The fraction of sp³-hybridized carbons (Fsp3) is 0.522. The van der Waals surface area contributed by atoms with E-state index in [1.807, 2.05) is 24.5 Å². The third-order valence-corrected chi connectivity index (χ3v) is 4.96. The first-order chi connectivity index (χ1) is 14.2. The molecule has 1 fully saturated rings. The lowest BCUT2D eigenvalue weighted by molar-refractivity contribution is -0.0809. The van der Waals surface area contributed by atoms with Crippen molar-refractivity contribution in [2.45, 2.75) is 71.0 Å². The van der Waals surface area contributed by atoms with Crippen LogP contribution in [0.2, 0.25) is 0 Å². The van der Waals surface area contributed by atoms with Crippen LogP contribution >= 0.6 is 0 Å². The summed E-state index contributed by atoms with van der Waals surface area (Å²) in [6.45, 7) is 2.85. The van der Waals surface area contributed by atoms with Crippen molar-refractivity contribution in [1.29, 1.82) is 0 Å². The van der Waals surface area contributed by atoms with Crippen molar-refractivity contribution >= 4 is 6.16 Å². The standard InChI is InChI=1S/C23H30N2O4/c1-2-3-4-5-6-7-9-21-24-16-19(17-25-21)18-11-13-20(14-12-18)28-23(26)29-22-10-8-15-27-22/h11-14,16-17,22H,2-10,15H2,1H3/t22-/m1/s1. The van der Waals surface area contributed by atoms with Gasteiger partial charge in [-0.05, 0) is 30.5 Å². The van der Waals surface area contributed by atoms with E-state index in [-0.39, 0.29) is 0 Å². The van der Waals surface area contributed by atoms with E-state index in [9.17, 15) is 4.79 Å². The Morgan fingerprint density at radius 2 is 1.76 bits per heavy atom. The molecule has 2 aromatic rings. The Kier molecular flexibility index (Phi) is 8.43. The molecule has 1 aromatic heterocycles. The zero-order valence-corrected chi connectivity index (χ0v) is 17.1. The van der Waals surface area contributed by atoms with E-state index in [0.717, 1.165) is 36.2 Å². The van der Waals surface area contributed by atoms with E-state index in [1.54, 1.807) is 12.1 Å². The number of aryl methyl sites for hydroxylation is 1. The largest absolute Gasteiger partial charge is 0.516 e. The predicted octanol–water partition coefficient (Wildman–Crippen LogP) is 5.70. The smallest absolute Gasteiger partial charge is 0.404 e. The van der Waals surface area contributed by atoms with E-state index in [2.05, 4.69) is 16.9 Å². The number of hydrogen-bond donors (Lipinski definition) is 0. The molecule has 0 spiro atoms. The fourth-order valence-corrected chi connectivity index (χ4v) is 3.28. The molecular weight excluding hydrogens is 368 g/mol. The Bertz CT molecular complexity index is 740. The quantitative estimate of drug-likeness (QED) is 0.290. The Balaban J connectivity index is 1.44. The molecule has 1 aromatic carbocycles. The summed E-state index contributed by atoms with van der Waals surface area (Å²) in [7, 11) is 0. The van der Waals surface area contributed by atoms with Crippen molar-refractivity contribution < 1.29 is 19.0 Å². The van der Waals surface area contributed by atoms with Gasteiger partial charge in [-0.2, -0.15) is 0 Å². The molecule has 0 aliphatic carbocycles. The summed E-state index contributed by atoms with van der Waals surface area (Å²) >= 11 is 0. The van der Waals surface area contributed by atoms with Crippen molar-refractivity contribution in [2.24, 2.45) is 0 Å². The second kappa shape index (κ2) is 11.5. The summed E-state index contributed by atoms with van der Waals surface area (Å²) in [6, 6.07) is 7.22. The molecule has 0 radical (unpaired) electrons. The molecule has 6 heteroatoms. The number of ether oxygens (including phenoxy) is 3. The monoisotopic (exact) mass is 398 g/mol. The molecule has 0 N–H and O–H groups in total. The minimum Gasteiger partial charge on any atom is -0.404 e. The Hall–Kier alpha value is -2.47. The molecule has 1 aliphatic heterocycles. The zero-order chi connectivity index (χ0) is 20.3. The average Bonchev–Trinajstić information content (AvgIpc) is 3.24. The minimum absolute atomic E-state index is 0.428. The second-order valence-electron chi connectivity index (χ2n) is 7.34. The highest BCUT2D eigenvalue weighted by atomic mass is 16.8. The number of unbranched alkanes of at least 4 members (excludes halogenated alkanes) is 5. The highest BCUT2D eigenvalue weighted by Gasteiger charge is 2.21. The van der Waals surface area contributed by atoms with Crippen LogP contribution in [0.3, 0.4) is 0 Å². The minimum atomic E-state index is -0.743. The molecule has 1 aliphatic rings. The van der Waals surface area contributed by atoms with Crippen LogP contribution in [-0.2, 0) is 15.9 Å². The first-order valence-electron chi connectivity index (χ1n) is 10.7. The maximum atomic E-state index is 11.8. The van der Waals surface area contributed by atoms with Gasteiger partial charge in [0.1, 0.15) is 11.6 Å². The number of carbonyl (C=O) groups excluding carboxylic acids is 1. The number of rotatable bonds is 10. The summed E-state index contributed by atoms with van der Waals surface area (Å²) in [5.74, 6) is 1.32. The van der Waals surface area contributed by atoms with Crippen LogP contribution in [0.4, 0.5) is 4.79 Å². The lowest BCUT2D eigenvalue weighted by Gasteiger charge is -2.11. The first kappa shape index (κ1) is 21.2. The number of benzene rings is 1. The van der Waals surface area contributed by atoms with Gasteiger partial charge < -0.3 is 14.2 Å². The summed E-state index contributed by atoms with van der Waals surface area (Å²) < 4.78 is 15.5. The highest BCUT2D eigenvalue weighted by Crippen LogP contribution is 2.22. The number of nitrogens with zero attached hydrogens (tertiary/aromatic N) is 2. The molecule has 0 bridgehead atoms. The van der Waals surface area contributed by atoms with Gasteiger partial charge in [-0.1, -0.05) is 51.2 Å². The van der Waals surface area contributed by atoms with Crippen molar-refractivity contribution in [3.63, 3.8) is 0 Å². The van der Waals surface area contributed by atoms with Crippen LogP contribution in [0.15, 0.2) is 36.7 Å². The van der Waals surface area contributed by atoms with Gasteiger partial charge in [-0.25, -0.2) is 14.8 Å². The summed E-state index contributed by atoms with van der Waals surface area (Å²) in [5.41, 5.74) is 1.90. The lowest BCUT2D eigenvalue weighted by Crippen LogP contribution is -2.19. The molecule has 0 unspecified atom stereocenters. The summed E-state index contributed by atoms with van der Waals surface area (Å²) in [5, 5.41) is 0. The van der Waals surface area contributed by atoms with Crippen LogP contribution in [0.25, 0.3) is 11.1 Å². The Labute approximate surface area is 172 Å². The molecule has 29 heavy (non-hydrogen) atoms. The van der Waals surface area contributed by atoms with E-state index in [0.29, 0.717) is 18.8 Å². The van der Waals surface area contributed by atoms with Gasteiger partial charge in [-0.3, -0.25) is 0 Å². The van der Waals surface area contributed by atoms with Crippen molar-refractivity contribution in [3.05, 3.63) is 42.5 Å². The van der Waals surface area contributed by atoms with Gasteiger partial charge in [-0.15, -0.1) is 0 Å². The van der Waals surface area contributed by atoms with Crippen LogP contribution in [0, 0.1) is 0 Å². The normalized spacial score (nSPS) is 16.0. The molecule has 1 saturated heterocycles. The Morgan fingerprint density at radius 3 is 2.45 bits per heavy atom. The number of aromatic nitrogens is 2. The SMILES string of the molecule is CCCCCCCCc1ncc(-c2ccc(OC(=O)O[C@@H]3CCCO3)cc2)cn1. The molecule has 6 nitrogen and oxygen atoms in total. The molecule has 0 amide bonds. The Morgan fingerprint density at radius 1 is 1.03 bits per heavy atom. The van der Waals surface area contributed by atoms with Gasteiger partial charge in [0.25, 0.3) is 0 Å². The van der Waals surface area contributed by atoms with Crippen molar-refractivity contribution in [2.75, 3.05) is 6.61 Å². The number of hydrogen-bond acceptors (Lipinski definition) is 6. The maximum Gasteiger partial charge on any atom is 0.516 e. The van der Waals surface area contributed by atoms with Gasteiger partial charge in [0.15, 0.2) is 0 Å². The molecule has 156 valence electrons. The van der Waals surface area contributed by atoms with E-state index < -0.39 is 12.4 Å². The fourth-order valence-electron chi connectivity index (χ4n) is 3.28. The van der Waals surface area contributed by atoms with Crippen molar-refractivity contribution in [1.82, 2.24) is 9.97 Å². The van der Waals surface area contributed by atoms with Crippen LogP contribution in [0.5, 0.6) is 5.75 Å². The maximum absolute atomic E-state index is 11.8. The average molecular weight is 399 g/mol. The first-order valence-corrected chi connectivity index (χ1v) is 10.7. The molecule has 2 heterocycles. The van der Waals surface area contributed by atoms with Crippen molar-refractivity contribution in [3.8, 4) is 16.9 Å². The predicted molar refractivity (Wildman–Crippen MR) is 111 cm³/mol. The van der Waals surface area contributed by atoms with Gasteiger partial charge in [0, 0.05) is 30.8 Å².